The van der Waals surface area contributed by atoms with Crippen LogP contribution in [-0.2, 0) is 15.0 Å². The summed E-state index contributed by atoms with van der Waals surface area (Å²) in [5, 5.41) is 2.69. The van der Waals surface area contributed by atoms with Crippen molar-refractivity contribution in [3.8, 4) is 0 Å². The highest BCUT2D eigenvalue weighted by atomic mass is 19.4. The van der Waals surface area contributed by atoms with Crippen molar-refractivity contribution in [3.05, 3.63) is 65.8 Å². The first-order valence-electron chi connectivity index (χ1n) is 17.9. The van der Waals surface area contributed by atoms with Crippen molar-refractivity contribution in [1.29, 1.82) is 0 Å². The number of hydrogen-bond donors (Lipinski definition) is 1. The summed E-state index contributed by atoms with van der Waals surface area (Å²) in [5.74, 6) is -3.06. The number of nitrogens with one attached hydrogen (secondary N) is 1. The van der Waals surface area contributed by atoms with Crippen molar-refractivity contribution >= 4 is 17.5 Å². The van der Waals surface area contributed by atoms with Crippen LogP contribution in [0, 0.1) is 5.92 Å². The predicted octanol–water partition coefficient (Wildman–Crippen LogP) is 12.0. The van der Waals surface area contributed by atoms with E-state index in [1.165, 1.54) is 52.4 Å². The van der Waals surface area contributed by atoms with Crippen LogP contribution >= 0.6 is 0 Å². The molecule has 0 spiro atoms. The van der Waals surface area contributed by atoms with Gasteiger partial charge in [0.1, 0.15) is 6.04 Å². The predicted molar refractivity (Wildman–Crippen MR) is 195 cm³/mol. The Morgan fingerprint density at radius 3 is 1.76 bits per heavy atom. The number of anilines is 1. The number of carbonyl (C=O) groups excluding carboxylic acids is 2. The zero-order chi connectivity index (χ0) is 38.0. The molecule has 2 aliphatic carbocycles. The molecule has 49 heavy (non-hydrogen) atoms. The van der Waals surface area contributed by atoms with Crippen molar-refractivity contribution in [2.24, 2.45) is 5.92 Å². The van der Waals surface area contributed by atoms with E-state index in [0.717, 1.165) is 34.6 Å². The van der Waals surface area contributed by atoms with Gasteiger partial charge in [-0.3, -0.25) is 14.5 Å². The number of nitrogens with zero attached hydrogens (tertiary/aromatic N) is 1. The number of alkyl halides is 5. The Kier molecular flexibility index (Phi) is 20.6. The van der Waals surface area contributed by atoms with Crippen molar-refractivity contribution in [1.82, 2.24) is 5.32 Å². The van der Waals surface area contributed by atoms with E-state index in [1.54, 1.807) is 24.3 Å². The van der Waals surface area contributed by atoms with E-state index < -0.39 is 54.4 Å². The van der Waals surface area contributed by atoms with Gasteiger partial charge in [-0.1, -0.05) is 125 Å². The number of carbonyl (C=O) groups is 2. The Balaban J connectivity index is 0.00000163. The fraction of sp³-hybridized carbons (Fsp3) is 0.650. The molecule has 0 bridgehead atoms. The molecule has 1 atom stereocenters. The summed E-state index contributed by atoms with van der Waals surface area (Å²) < 4.78 is 67.9. The van der Waals surface area contributed by atoms with E-state index in [0.29, 0.717) is 5.69 Å². The molecule has 280 valence electrons. The van der Waals surface area contributed by atoms with Gasteiger partial charge in [0.2, 0.25) is 17.7 Å². The van der Waals surface area contributed by atoms with Gasteiger partial charge >= 0.3 is 6.18 Å². The fourth-order valence-corrected chi connectivity index (χ4v) is 5.18. The van der Waals surface area contributed by atoms with Crippen molar-refractivity contribution in [2.75, 3.05) is 4.90 Å². The van der Waals surface area contributed by atoms with Crippen LogP contribution in [0.25, 0.3) is 0 Å². The van der Waals surface area contributed by atoms with E-state index in [2.05, 4.69) is 46.5 Å². The zero-order valence-electron chi connectivity index (χ0n) is 31.7. The van der Waals surface area contributed by atoms with Crippen LogP contribution < -0.4 is 10.2 Å². The molecule has 2 aliphatic rings. The van der Waals surface area contributed by atoms with Crippen LogP contribution in [0.3, 0.4) is 0 Å². The third kappa shape index (κ3) is 16.5. The molecular formula is C40H63F5N2O2. The third-order valence-corrected chi connectivity index (χ3v) is 8.23. The van der Waals surface area contributed by atoms with Gasteiger partial charge in [0.05, 0.1) is 5.57 Å². The van der Waals surface area contributed by atoms with E-state index in [4.69, 9.17) is 0 Å². The molecule has 1 N–H and O–H groups in total. The van der Waals surface area contributed by atoms with Gasteiger partial charge in [0, 0.05) is 31.5 Å². The first kappa shape index (κ1) is 46.0. The molecule has 1 unspecified atom stereocenters. The molecule has 1 aromatic carbocycles. The van der Waals surface area contributed by atoms with Crippen LogP contribution in [0.2, 0.25) is 0 Å². The molecule has 2 amide bonds. The number of amides is 2. The summed E-state index contributed by atoms with van der Waals surface area (Å²) in [7, 11) is 0. The molecule has 0 aromatic heterocycles. The summed E-state index contributed by atoms with van der Waals surface area (Å²) >= 11 is 0. The third-order valence-electron chi connectivity index (χ3n) is 8.23. The molecule has 2 saturated carbocycles. The summed E-state index contributed by atoms with van der Waals surface area (Å²) in [6, 6.07) is 4.73. The molecule has 0 saturated heterocycles. The smallest absolute Gasteiger partial charge is 0.351 e. The second-order valence-electron chi connectivity index (χ2n) is 13.9. The lowest BCUT2D eigenvalue weighted by atomic mass is 9.84. The van der Waals surface area contributed by atoms with Crippen molar-refractivity contribution in [2.45, 2.75) is 163 Å². The maximum atomic E-state index is 13.6. The normalized spacial score (nSPS) is 17.4. The Bertz CT molecular complexity index is 1180. The summed E-state index contributed by atoms with van der Waals surface area (Å²) in [5.41, 5.74) is -0.100. The maximum Gasteiger partial charge on any atom is 0.416 e. The molecule has 3 rings (SSSR count). The standard InChI is InChI=1S/C28H35F5N2O2.C6H12.2C3H8/c1-7-19(17-20(8-2)28(31,32)33)24(25(37)34-22-13-15-27(29,30)16-14-22)35(18(3)36)23-11-9-21(10-12-23)26(4,5)6;1-2-6-4-3-5-6;2*1-3-2/h7-12,17,22,24H,1,13-16H2,2-6H3,(H,34,37);6H,2-5H2,1H3;2*3H2,1-2H3/b19-17+,20-8+;;;. The summed E-state index contributed by atoms with van der Waals surface area (Å²) in [6.07, 6.45) is 5.70. The SMILES string of the molecule is C=C/C(=C\C(=C/C)C(F)(F)F)C(C(=O)NC1CCC(F)(F)CC1)N(C(C)=O)c1ccc(C(C)(C)C)cc1.CCC.CCC.CCC1CCC1. The van der Waals surface area contributed by atoms with Crippen molar-refractivity contribution < 1.29 is 31.5 Å². The van der Waals surface area contributed by atoms with E-state index in [-0.39, 0.29) is 23.8 Å². The first-order valence-corrected chi connectivity index (χ1v) is 17.9. The second-order valence-corrected chi connectivity index (χ2v) is 13.9. The van der Waals surface area contributed by atoms with E-state index >= 15 is 0 Å². The minimum atomic E-state index is -4.70. The highest BCUT2D eigenvalue weighted by molar-refractivity contribution is 6.02. The molecule has 1 aromatic rings. The fourth-order valence-electron chi connectivity index (χ4n) is 5.18. The number of hydrogen-bond acceptors (Lipinski definition) is 2. The average molecular weight is 699 g/mol. The van der Waals surface area contributed by atoms with E-state index in [9.17, 15) is 31.5 Å². The minimum absolute atomic E-state index is 0.0155. The number of rotatable bonds is 8. The van der Waals surface area contributed by atoms with Crippen molar-refractivity contribution in [3.63, 3.8) is 0 Å². The summed E-state index contributed by atoms with van der Waals surface area (Å²) in [4.78, 5) is 27.5. The second kappa shape index (κ2) is 22.0. The summed E-state index contributed by atoms with van der Waals surface area (Å²) in [6.45, 7) is 22.8. The van der Waals surface area contributed by atoms with Gasteiger partial charge in [-0.15, -0.1) is 0 Å². The Morgan fingerprint density at radius 1 is 0.959 bits per heavy atom. The average Bonchev–Trinajstić information content (AvgIpc) is 2.97. The van der Waals surface area contributed by atoms with Crippen LogP contribution in [0.15, 0.2) is 60.2 Å². The Labute approximate surface area is 293 Å². The lowest BCUT2D eigenvalue weighted by Gasteiger charge is -2.34. The maximum absolute atomic E-state index is 13.6. The highest BCUT2D eigenvalue weighted by Gasteiger charge is 2.39. The van der Waals surface area contributed by atoms with Crippen LogP contribution in [0.1, 0.15) is 139 Å². The monoisotopic (exact) mass is 698 g/mol. The largest absolute Gasteiger partial charge is 0.416 e. The van der Waals surface area contributed by atoms with Gasteiger partial charge in [-0.05, 0) is 60.4 Å². The lowest BCUT2D eigenvalue weighted by Crippen LogP contribution is -2.53. The van der Waals surface area contributed by atoms with Gasteiger partial charge in [0.25, 0.3) is 0 Å². The Hall–Kier alpha value is -2.97. The van der Waals surface area contributed by atoms with Gasteiger partial charge in [0.15, 0.2) is 0 Å². The number of allylic oxidation sites excluding steroid dienone is 3. The topological polar surface area (TPSA) is 49.4 Å². The highest BCUT2D eigenvalue weighted by Crippen LogP contribution is 2.35. The molecule has 4 nitrogen and oxygen atoms in total. The van der Waals surface area contributed by atoms with Crippen LogP contribution in [0.4, 0.5) is 27.6 Å². The number of benzene rings is 1. The van der Waals surface area contributed by atoms with Gasteiger partial charge < -0.3 is 5.32 Å². The van der Waals surface area contributed by atoms with Crippen LogP contribution in [0.5, 0.6) is 0 Å². The molecule has 2 fully saturated rings. The molecule has 9 heteroatoms. The minimum Gasteiger partial charge on any atom is -0.351 e. The molecule has 0 aliphatic heterocycles. The lowest BCUT2D eigenvalue weighted by molar-refractivity contribution is -0.126. The van der Waals surface area contributed by atoms with Gasteiger partial charge in [-0.2, -0.15) is 13.2 Å². The number of halogens is 5. The molecular weight excluding hydrogens is 635 g/mol. The Morgan fingerprint density at radius 2 is 1.45 bits per heavy atom. The molecule has 0 heterocycles. The van der Waals surface area contributed by atoms with Gasteiger partial charge in [-0.25, -0.2) is 8.78 Å². The quantitative estimate of drug-likeness (QED) is 0.217. The molecule has 0 radical (unpaired) electrons. The zero-order valence-corrected chi connectivity index (χ0v) is 31.7. The van der Waals surface area contributed by atoms with E-state index in [1.807, 2.05) is 20.8 Å². The van der Waals surface area contributed by atoms with Crippen LogP contribution in [-0.4, -0.2) is 36.0 Å². The first-order chi connectivity index (χ1) is 22.8.